The van der Waals surface area contributed by atoms with Crippen LogP contribution >= 0.6 is 11.8 Å². The quantitative estimate of drug-likeness (QED) is 0.900. The molecule has 1 atom stereocenters. The van der Waals surface area contributed by atoms with Gasteiger partial charge in [-0.3, -0.25) is 0 Å². The van der Waals surface area contributed by atoms with Crippen molar-refractivity contribution >= 4 is 11.8 Å². The number of aromatic nitrogens is 1. The molecule has 1 aromatic rings. The number of hydrogen-bond acceptors (Lipinski definition) is 4. The lowest BCUT2D eigenvalue weighted by molar-refractivity contribution is 0.309. The maximum Gasteiger partial charge on any atom is 0.208 e. The molecular weight excluding hydrogens is 232 g/mol. The van der Waals surface area contributed by atoms with Crippen LogP contribution in [-0.2, 0) is 6.54 Å². The lowest BCUT2D eigenvalue weighted by atomic mass is 9.88. The average Bonchev–Trinajstić information content (AvgIpc) is 2.54. The first kappa shape index (κ1) is 13.0. The molecule has 1 unspecified atom stereocenters. The number of aryl methyl sites for hydroxylation is 2. The van der Waals surface area contributed by atoms with Crippen LogP contribution in [0.2, 0.25) is 0 Å². The Balaban J connectivity index is 1.86. The predicted octanol–water partition coefficient (Wildman–Crippen LogP) is 2.91. The minimum absolute atomic E-state index is 0.447. The summed E-state index contributed by atoms with van der Waals surface area (Å²) < 4.78 is 5.58. The van der Waals surface area contributed by atoms with Crippen molar-refractivity contribution in [2.24, 2.45) is 5.41 Å². The van der Waals surface area contributed by atoms with E-state index in [0.29, 0.717) is 11.5 Å². The fraction of sp³-hybridized carbons (Fsp3) is 0.769. The highest BCUT2D eigenvalue weighted by atomic mass is 32.2. The van der Waals surface area contributed by atoms with Gasteiger partial charge in [0.1, 0.15) is 5.76 Å². The van der Waals surface area contributed by atoms with Crippen LogP contribution in [0.1, 0.15) is 37.6 Å². The highest BCUT2D eigenvalue weighted by Gasteiger charge is 2.28. The Morgan fingerprint density at radius 3 is 2.82 bits per heavy atom. The molecule has 0 aromatic carbocycles. The molecule has 1 aliphatic heterocycles. The highest BCUT2D eigenvalue weighted by molar-refractivity contribution is 7.99. The van der Waals surface area contributed by atoms with Crippen LogP contribution in [0.25, 0.3) is 0 Å². The van der Waals surface area contributed by atoms with E-state index in [2.05, 4.69) is 24.1 Å². The van der Waals surface area contributed by atoms with E-state index in [-0.39, 0.29) is 0 Å². The third kappa shape index (κ3) is 3.49. The number of oxazole rings is 1. The third-order valence-electron chi connectivity index (χ3n) is 3.23. The lowest BCUT2D eigenvalue weighted by Crippen LogP contribution is -2.40. The van der Waals surface area contributed by atoms with Crippen LogP contribution in [0, 0.1) is 19.3 Å². The van der Waals surface area contributed by atoms with E-state index in [1.165, 1.54) is 17.9 Å². The number of hydrogen-bond donors (Lipinski definition) is 1. The van der Waals surface area contributed by atoms with E-state index in [0.717, 1.165) is 23.9 Å². The van der Waals surface area contributed by atoms with Crippen molar-refractivity contribution < 1.29 is 4.42 Å². The maximum absolute atomic E-state index is 5.58. The van der Waals surface area contributed by atoms with E-state index in [1.807, 2.05) is 25.6 Å². The number of nitrogens with zero attached hydrogens (tertiary/aromatic N) is 1. The first-order chi connectivity index (χ1) is 7.96. The van der Waals surface area contributed by atoms with Crippen LogP contribution in [0.5, 0.6) is 0 Å². The zero-order valence-corrected chi connectivity index (χ0v) is 12.0. The lowest BCUT2D eigenvalue weighted by Gasteiger charge is -2.35. The van der Waals surface area contributed by atoms with Crippen LogP contribution in [0.15, 0.2) is 4.42 Å². The summed E-state index contributed by atoms with van der Waals surface area (Å²) in [6, 6.07) is 0.580. The molecule has 1 saturated heterocycles. The Hall–Kier alpha value is -0.480. The summed E-state index contributed by atoms with van der Waals surface area (Å²) in [4.78, 5) is 4.39. The van der Waals surface area contributed by atoms with Crippen molar-refractivity contribution in [1.29, 1.82) is 0 Å². The SMILES string of the molecule is Cc1nc(CNC2CSCC(C)(C)C2)oc1C. The fourth-order valence-corrected chi connectivity index (χ4v) is 3.55. The van der Waals surface area contributed by atoms with Crippen molar-refractivity contribution in [2.45, 2.75) is 46.7 Å². The van der Waals surface area contributed by atoms with E-state index in [4.69, 9.17) is 4.42 Å². The summed E-state index contributed by atoms with van der Waals surface area (Å²) in [6.07, 6.45) is 1.23. The molecule has 17 heavy (non-hydrogen) atoms. The molecular formula is C13H22N2OS. The Morgan fingerprint density at radius 2 is 2.24 bits per heavy atom. The van der Waals surface area contributed by atoms with Gasteiger partial charge in [0, 0.05) is 11.8 Å². The van der Waals surface area contributed by atoms with Gasteiger partial charge in [-0.25, -0.2) is 4.98 Å². The minimum atomic E-state index is 0.447. The van der Waals surface area contributed by atoms with Gasteiger partial charge in [-0.15, -0.1) is 0 Å². The van der Waals surface area contributed by atoms with Gasteiger partial charge in [-0.1, -0.05) is 13.8 Å². The van der Waals surface area contributed by atoms with E-state index >= 15 is 0 Å². The molecule has 3 nitrogen and oxygen atoms in total. The molecule has 2 heterocycles. The second-order valence-corrected chi connectivity index (χ2v) is 6.74. The number of thioether (sulfide) groups is 1. The van der Waals surface area contributed by atoms with Gasteiger partial charge in [-0.05, 0) is 31.4 Å². The number of nitrogens with one attached hydrogen (secondary N) is 1. The largest absolute Gasteiger partial charge is 0.444 e. The highest BCUT2D eigenvalue weighted by Crippen LogP contribution is 2.33. The zero-order chi connectivity index (χ0) is 12.5. The molecule has 0 saturated carbocycles. The van der Waals surface area contributed by atoms with Gasteiger partial charge in [0.15, 0.2) is 0 Å². The molecule has 0 spiro atoms. The first-order valence-corrected chi connectivity index (χ1v) is 7.36. The Morgan fingerprint density at radius 1 is 1.47 bits per heavy atom. The molecule has 1 N–H and O–H groups in total. The van der Waals surface area contributed by atoms with Crippen LogP contribution in [0.3, 0.4) is 0 Å². The topological polar surface area (TPSA) is 38.1 Å². The second kappa shape index (κ2) is 5.02. The molecule has 96 valence electrons. The Kier molecular flexibility index (Phi) is 3.83. The summed E-state index contributed by atoms with van der Waals surface area (Å²) in [6.45, 7) is 9.38. The summed E-state index contributed by atoms with van der Waals surface area (Å²) >= 11 is 2.04. The Bertz CT molecular complexity index is 367. The molecule has 0 bridgehead atoms. The normalized spacial score (nSPS) is 23.9. The molecule has 0 amide bonds. The first-order valence-electron chi connectivity index (χ1n) is 6.20. The summed E-state index contributed by atoms with van der Waals surface area (Å²) in [5.74, 6) is 4.21. The zero-order valence-electron chi connectivity index (χ0n) is 11.2. The van der Waals surface area contributed by atoms with Crippen molar-refractivity contribution in [3.8, 4) is 0 Å². The molecule has 2 rings (SSSR count). The molecule has 0 aliphatic carbocycles. The van der Waals surface area contributed by atoms with Crippen LogP contribution in [0.4, 0.5) is 0 Å². The van der Waals surface area contributed by atoms with Gasteiger partial charge in [-0.2, -0.15) is 11.8 Å². The van der Waals surface area contributed by atoms with Crippen molar-refractivity contribution in [1.82, 2.24) is 10.3 Å². The third-order valence-corrected chi connectivity index (χ3v) is 4.85. The van der Waals surface area contributed by atoms with Gasteiger partial charge >= 0.3 is 0 Å². The molecule has 1 fully saturated rings. The second-order valence-electron chi connectivity index (χ2n) is 5.71. The molecule has 4 heteroatoms. The van der Waals surface area contributed by atoms with Gasteiger partial charge in [0.2, 0.25) is 5.89 Å². The van der Waals surface area contributed by atoms with Crippen LogP contribution in [-0.4, -0.2) is 22.5 Å². The van der Waals surface area contributed by atoms with Crippen molar-refractivity contribution in [2.75, 3.05) is 11.5 Å². The predicted molar refractivity (Wildman–Crippen MR) is 72.3 cm³/mol. The van der Waals surface area contributed by atoms with Crippen molar-refractivity contribution in [3.05, 3.63) is 17.3 Å². The number of rotatable bonds is 3. The smallest absolute Gasteiger partial charge is 0.208 e. The van der Waals surface area contributed by atoms with E-state index in [1.54, 1.807) is 0 Å². The molecule has 1 aliphatic rings. The summed E-state index contributed by atoms with van der Waals surface area (Å²) in [5.41, 5.74) is 1.45. The van der Waals surface area contributed by atoms with E-state index < -0.39 is 0 Å². The Labute approximate surface area is 108 Å². The molecule has 1 aromatic heterocycles. The molecule has 0 radical (unpaired) electrons. The minimum Gasteiger partial charge on any atom is -0.444 e. The summed E-state index contributed by atoms with van der Waals surface area (Å²) in [5, 5.41) is 3.56. The van der Waals surface area contributed by atoms with Gasteiger partial charge < -0.3 is 9.73 Å². The fourth-order valence-electron chi connectivity index (χ4n) is 2.24. The van der Waals surface area contributed by atoms with Crippen molar-refractivity contribution in [3.63, 3.8) is 0 Å². The van der Waals surface area contributed by atoms with E-state index in [9.17, 15) is 0 Å². The maximum atomic E-state index is 5.58. The standard InChI is InChI=1S/C13H22N2OS/c1-9-10(2)16-12(15-9)6-14-11-5-13(3,4)8-17-7-11/h11,14H,5-8H2,1-4H3. The average molecular weight is 254 g/mol. The van der Waals surface area contributed by atoms with Crippen LogP contribution < -0.4 is 5.32 Å². The monoisotopic (exact) mass is 254 g/mol. The summed E-state index contributed by atoms with van der Waals surface area (Å²) in [7, 11) is 0. The van der Waals surface area contributed by atoms with Gasteiger partial charge in [0.25, 0.3) is 0 Å². The van der Waals surface area contributed by atoms with Gasteiger partial charge in [0.05, 0.1) is 12.2 Å².